The van der Waals surface area contributed by atoms with Crippen LogP contribution in [0.2, 0.25) is 0 Å². The molecule has 0 fully saturated rings. The van der Waals surface area contributed by atoms with E-state index >= 15 is 0 Å². The van der Waals surface area contributed by atoms with Crippen molar-refractivity contribution in [3.8, 4) is 0 Å². The summed E-state index contributed by atoms with van der Waals surface area (Å²) in [5.74, 6) is -0.188. The van der Waals surface area contributed by atoms with Gasteiger partial charge in [0.1, 0.15) is 0 Å². The molecule has 1 heterocycles. The molecule has 0 bridgehead atoms. The normalized spacial score (nSPS) is 12.3. The molecule has 0 aromatic carbocycles. The number of aromatic nitrogens is 1. The van der Waals surface area contributed by atoms with Gasteiger partial charge >= 0.3 is 5.97 Å². The highest BCUT2D eigenvalue weighted by Crippen LogP contribution is 2.17. The molecule has 0 aliphatic rings. The third-order valence-corrected chi connectivity index (χ3v) is 2.87. The number of ether oxygens (including phenoxy) is 1. The van der Waals surface area contributed by atoms with Gasteiger partial charge in [-0.3, -0.25) is 4.79 Å². The Morgan fingerprint density at radius 3 is 2.67 bits per heavy atom. The standard InChI is InChI=1S/C12H18N2O3S/c1-7(2)5-8(3)17-11(16)10-6-18-12(14-10)13-9(4)15/h6-8H,5H2,1-4H3,(H,13,14,15). The van der Waals surface area contributed by atoms with Crippen LogP contribution in [0.15, 0.2) is 5.38 Å². The predicted octanol–water partition coefficient (Wildman–Crippen LogP) is 2.69. The molecular weight excluding hydrogens is 252 g/mol. The van der Waals surface area contributed by atoms with Gasteiger partial charge in [0, 0.05) is 12.3 Å². The number of carbonyl (C=O) groups is 2. The first-order valence-electron chi connectivity index (χ1n) is 5.82. The molecule has 0 radical (unpaired) electrons. The van der Waals surface area contributed by atoms with E-state index in [2.05, 4.69) is 24.1 Å². The summed E-state index contributed by atoms with van der Waals surface area (Å²) in [6.07, 6.45) is 0.678. The fraction of sp³-hybridized carbons (Fsp3) is 0.583. The molecule has 6 heteroatoms. The maximum absolute atomic E-state index is 11.7. The van der Waals surface area contributed by atoms with Crippen molar-refractivity contribution in [2.24, 2.45) is 5.92 Å². The Kier molecular flexibility index (Phi) is 5.27. The van der Waals surface area contributed by atoms with Gasteiger partial charge in [0.05, 0.1) is 6.10 Å². The highest BCUT2D eigenvalue weighted by atomic mass is 32.1. The highest BCUT2D eigenvalue weighted by Gasteiger charge is 2.16. The number of esters is 1. The number of anilines is 1. The van der Waals surface area contributed by atoms with Crippen molar-refractivity contribution in [3.63, 3.8) is 0 Å². The maximum Gasteiger partial charge on any atom is 0.358 e. The summed E-state index contributed by atoms with van der Waals surface area (Å²) in [6, 6.07) is 0. The summed E-state index contributed by atoms with van der Waals surface area (Å²) < 4.78 is 5.26. The van der Waals surface area contributed by atoms with E-state index in [1.54, 1.807) is 5.38 Å². The molecule has 5 nitrogen and oxygen atoms in total. The van der Waals surface area contributed by atoms with E-state index in [0.717, 1.165) is 6.42 Å². The Morgan fingerprint density at radius 1 is 1.44 bits per heavy atom. The summed E-state index contributed by atoms with van der Waals surface area (Å²) in [5, 5.41) is 4.51. The minimum Gasteiger partial charge on any atom is -0.458 e. The van der Waals surface area contributed by atoms with Crippen LogP contribution in [-0.4, -0.2) is 23.0 Å². The summed E-state index contributed by atoms with van der Waals surface area (Å²) in [6.45, 7) is 7.40. The van der Waals surface area contributed by atoms with Gasteiger partial charge in [-0.15, -0.1) is 11.3 Å². The predicted molar refractivity (Wildman–Crippen MR) is 70.8 cm³/mol. The summed E-state index contributed by atoms with van der Waals surface area (Å²) in [7, 11) is 0. The van der Waals surface area contributed by atoms with E-state index in [4.69, 9.17) is 4.74 Å². The van der Waals surface area contributed by atoms with Crippen molar-refractivity contribution in [2.75, 3.05) is 5.32 Å². The molecule has 0 saturated carbocycles. The van der Waals surface area contributed by atoms with Gasteiger partial charge in [-0.2, -0.15) is 0 Å². The average molecular weight is 270 g/mol. The lowest BCUT2D eigenvalue weighted by atomic mass is 10.1. The quantitative estimate of drug-likeness (QED) is 0.835. The fourth-order valence-corrected chi connectivity index (χ4v) is 2.26. The number of carbonyl (C=O) groups excluding carboxylic acids is 2. The number of thiazole rings is 1. The number of hydrogen-bond acceptors (Lipinski definition) is 5. The first kappa shape index (κ1) is 14.6. The van der Waals surface area contributed by atoms with Crippen molar-refractivity contribution in [1.82, 2.24) is 4.98 Å². The molecule has 1 rings (SSSR count). The van der Waals surface area contributed by atoms with Crippen LogP contribution in [0.25, 0.3) is 0 Å². The van der Waals surface area contributed by atoms with Crippen molar-refractivity contribution >= 4 is 28.3 Å². The summed E-state index contributed by atoms with van der Waals surface area (Å²) in [5.41, 5.74) is 0.236. The lowest BCUT2D eigenvalue weighted by Gasteiger charge is -2.14. The van der Waals surface area contributed by atoms with Crippen LogP contribution >= 0.6 is 11.3 Å². The second kappa shape index (κ2) is 6.49. The maximum atomic E-state index is 11.7. The Morgan fingerprint density at radius 2 is 2.11 bits per heavy atom. The van der Waals surface area contributed by atoms with Crippen LogP contribution < -0.4 is 5.32 Å². The van der Waals surface area contributed by atoms with E-state index in [0.29, 0.717) is 11.0 Å². The zero-order chi connectivity index (χ0) is 13.7. The Balaban J connectivity index is 2.56. The van der Waals surface area contributed by atoms with E-state index in [1.165, 1.54) is 18.3 Å². The van der Waals surface area contributed by atoms with Gasteiger partial charge in [0.2, 0.25) is 5.91 Å². The van der Waals surface area contributed by atoms with E-state index < -0.39 is 5.97 Å². The number of nitrogens with zero attached hydrogens (tertiary/aromatic N) is 1. The van der Waals surface area contributed by atoms with Crippen LogP contribution in [0.3, 0.4) is 0 Å². The van der Waals surface area contributed by atoms with Gasteiger partial charge in [0.25, 0.3) is 0 Å². The highest BCUT2D eigenvalue weighted by molar-refractivity contribution is 7.14. The summed E-state index contributed by atoms with van der Waals surface area (Å²) >= 11 is 1.20. The van der Waals surface area contributed by atoms with Crippen molar-refractivity contribution < 1.29 is 14.3 Å². The Bertz CT molecular complexity index is 429. The number of rotatable bonds is 5. The molecule has 0 aliphatic carbocycles. The second-order valence-electron chi connectivity index (χ2n) is 4.56. The lowest BCUT2D eigenvalue weighted by molar-refractivity contribution is -0.114. The van der Waals surface area contributed by atoms with Crippen LogP contribution in [0.4, 0.5) is 5.13 Å². The van der Waals surface area contributed by atoms with Crippen LogP contribution in [0.5, 0.6) is 0 Å². The molecule has 1 amide bonds. The minimum atomic E-state index is -0.448. The van der Waals surface area contributed by atoms with Gasteiger partial charge < -0.3 is 10.1 Å². The molecule has 0 spiro atoms. The Labute approximate surface area is 111 Å². The van der Waals surface area contributed by atoms with E-state index in [1.807, 2.05) is 6.92 Å². The Hall–Kier alpha value is -1.43. The molecule has 1 atom stereocenters. The molecule has 1 N–H and O–H groups in total. The van der Waals surface area contributed by atoms with Crippen LogP contribution in [-0.2, 0) is 9.53 Å². The minimum absolute atomic E-state index is 0.136. The van der Waals surface area contributed by atoms with Crippen molar-refractivity contribution in [2.45, 2.75) is 40.2 Å². The van der Waals surface area contributed by atoms with Gasteiger partial charge in [-0.25, -0.2) is 9.78 Å². The lowest BCUT2D eigenvalue weighted by Crippen LogP contribution is -2.17. The zero-order valence-electron chi connectivity index (χ0n) is 11.0. The van der Waals surface area contributed by atoms with E-state index in [-0.39, 0.29) is 17.7 Å². The fourth-order valence-electron chi connectivity index (χ4n) is 1.53. The van der Waals surface area contributed by atoms with Gasteiger partial charge in [-0.1, -0.05) is 13.8 Å². The zero-order valence-corrected chi connectivity index (χ0v) is 11.8. The number of hydrogen-bond donors (Lipinski definition) is 1. The number of amides is 1. The second-order valence-corrected chi connectivity index (χ2v) is 5.42. The van der Waals surface area contributed by atoms with Crippen LogP contribution in [0, 0.1) is 5.92 Å². The van der Waals surface area contributed by atoms with Crippen LogP contribution in [0.1, 0.15) is 44.6 Å². The molecule has 18 heavy (non-hydrogen) atoms. The summed E-state index contributed by atoms with van der Waals surface area (Å²) in [4.78, 5) is 26.6. The molecule has 0 saturated heterocycles. The first-order valence-corrected chi connectivity index (χ1v) is 6.70. The molecule has 1 aromatic heterocycles. The van der Waals surface area contributed by atoms with Crippen molar-refractivity contribution in [1.29, 1.82) is 0 Å². The van der Waals surface area contributed by atoms with E-state index in [9.17, 15) is 9.59 Å². The molecule has 100 valence electrons. The molecule has 1 aromatic rings. The molecular formula is C12H18N2O3S. The smallest absolute Gasteiger partial charge is 0.358 e. The molecule has 0 aliphatic heterocycles. The number of nitrogens with one attached hydrogen (secondary N) is 1. The third-order valence-electron chi connectivity index (χ3n) is 2.11. The first-order chi connectivity index (χ1) is 8.38. The SMILES string of the molecule is CC(=O)Nc1nc(C(=O)OC(C)CC(C)C)cs1. The van der Waals surface area contributed by atoms with Gasteiger partial charge in [-0.05, 0) is 19.3 Å². The van der Waals surface area contributed by atoms with Crippen molar-refractivity contribution in [3.05, 3.63) is 11.1 Å². The average Bonchev–Trinajstić information content (AvgIpc) is 2.63. The molecule has 1 unspecified atom stereocenters. The van der Waals surface area contributed by atoms with Gasteiger partial charge in [0.15, 0.2) is 10.8 Å². The topological polar surface area (TPSA) is 68.3 Å². The largest absolute Gasteiger partial charge is 0.458 e. The third kappa shape index (κ3) is 4.83. The monoisotopic (exact) mass is 270 g/mol.